The van der Waals surface area contributed by atoms with Crippen LogP contribution in [0.25, 0.3) is 0 Å². The summed E-state index contributed by atoms with van der Waals surface area (Å²) in [5.41, 5.74) is -0.234. The molecule has 0 aromatic heterocycles. The molecule has 1 N–H and O–H groups in total. The molecule has 1 aliphatic carbocycles. The minimum atomic E-state index is -0.234. The fraction of sp³-hybridized carbons (Fsp3) is 0.941. The van der Waals surface area contributed by atoms with E-state index in [0.29, 0.717) is 5.92 Å². The van der Waals surface area contributed by atoms with Gasteiger partial charge in [0.2, 0.25) is 0 Å². The van der Waals surface area contributed by atoms with Crippen molar-refractivity contribution in [2.75, 3.05) is 26.2 Å². The minimum absolute atomic E-state index is 0.234. The van der Waals surface area contributed by atoms with Crippen molar-refractivity contribution in [3.8, 4) is 6.07 Å². The predicted octanol–water partition coefficient (Wildman–Crippen LogP) is 3.03. The number of rotatable bonds is 5. The molecule has 2 fully saturated rings. The van der Waals surface area contributed by atoms with Crippen LogP contribution in [-0.4, -0.2) is 36.6 Å². The van der Waals surface area contributed by atoms with Gasteiger partial charge in [0.15, 0.2) is 0 Å². The average molecular weight is 277 g/mol. The number of piperidine rings is 1. The Bertz CT molecular complexity index is 339. The average Bonchev–Trinajstić information content (AvgIpc) is 2.79. The highest BCUT2D eigenvalue weighted by Crippen LogP contribution is 2.38. The summed E-state index contributed by atoms with van der Waals surface area (Å²) in [6.45, 7) is 11.4. The fourth-order valence-electron chi connectivity index (χ4n) is 4.52. The zero-order chi connectivity index (χ0) is 14.6. The van der Waals surface area contributed by atoms with Gasteiger partial charge in [-0.15, -0.1) is 0 Å². The standard InChI is InChI=1S/C17H31N3/c1-4-19-17(13-18)8-5-6-16(17)7-9-20-11-14(2)10-15(3)12-20/h14-16,19H,4-12H2,1-3H3. The molecule has 0 spiro atoms. The maximum absolute atomic E-state index is 9.61. The third kappa shape index (κ3) is 3.54. The van der Waals surface area contributed by atoms with Crippen LogP contribution in [0.4, 0.5) is 0 Å². The van der Waals surface area contributed by atoms with Crippen molar-refractivity contribution in [2.45, 2.75) is 58.4 Å². The summed E-state index contributed by atoms with van der Waals surface area (Å²) in [4.78, 5) is 2.63. The third-order valence-electron chi connectivity index (χ3n) is 5.25. The van der Waals surface area contributed by atoms with E-state index in [0.717, 1.165) is 24.8 Å². The van der Waals surface area contributed by atoms with Crippen LogP contribution in [0.1, 0.15) is 52.9 Å². The SMILES string of the molecule is CCNC1(C#N)CCCC1CCN1CC(C)CC(C)C1. The van der Waals surface area contributed by atoms with Crippen LogP contribution < -0.4 is 5.32 Å². The van der Waals surface area contributed by atoms with Gasteiger partial charge in [-0.1, -0.05) is 27.2 Å². The van der Waals surface area contributed by atoms with E-state index >= 15 is 0 Å². The highest BCUT2D eigenvalue weighted by Gasteiger charge is 2.42. The summed E-state index contributed by atoms with van der Waals surface area (Å²) < 4.78 is 0. The van der Waals surface area contributed by atoms with Crippen molar-refractivity contribution in [2.24, 2.45) is 17.8 Å². The van der Waals surface area contributed by atoms with Crippen LogP contribution >= 0.6 is 0 Å². The molecule has 0 radical (unpaired) electrons. The second-order valence-corrected chi connectivity index (χ2v) is 7.20. The summed E-state index contributed by atoms with van der Waals surface area (Å²) in [5, 5.41) is 13.1. The van der Waals surface area contributed by atoms with Crippen molar-refractivity contribution in [1.29, 1.82) is 5.26 Å². The summed E-state index contributed by atoms with van der Waals surface area (Å²) in [5.74, 6) is 2.20. The highest BCUT2D eigenvalue weighted by atomic mass is 15.1. The first-order chi connectivity index (χ1) is 9.59. The Hall–Kier alpha value is -0.590. The molecule has 0 aromatic rings. The van der Waals surface area contributed by atoms with Crippen molar-refractivity contribution >= 4 is 0 Å². The lowest BCUT2D eigenvalue weighted by Crippen LogP contribution is -2.48. The van der Waals surface area contributed by atoms with E-state index < -0.39 is 0 Å². The fourth-order valence-corrected chi connectivity index (χ4v) is 4.52. The molecule has 4 unspecified atom stereocenters. The van der Waals surface area contributed by atoms with E-state index in [1.165, 1.54) is 45.3 Å². The van der Waals surface area contributed by atoms with E-state index in [1.54, 1.807) is 0 Å². The first-order valence-corrected chi connectivity index (χ1v) is 8.48. The number of hydrogen-bond acceptors (Lipinski definition) is 3. The molecule has 1 saturated heterocycles. The molecule has 114 valence electrons. The molecular formula is C17H31N3. The molecule has 1 saturated carbocycles. The third-order valence-corrected chi connectivity index (χ3v) is 5.25. The molecular weight excluding hydrogens is 246 g/mol. The summed E-state index contributed by atoms with van der Waals surface area (Å²) in [6.07, 6.45) is 6.02. The normalized spacial score (nSPS) is 38.8. The van der Waals surface area contributed by atoms with Crippen molar-refractivity contribution < 1.29 is 0 Å². The minimum Gasteiger partial charge on any atom is -0.303 e. The molecule has 2 rings (SSSR count). The maximum Gasteiger partial charge on any atom is 0.109 e. The second-order valence-electron chi connectivity index (χ2n) is 7.20. The second kappa shape index (κ2) is 6.91. The zero-order valence-electron chi connectivity index (χ0n) is 13.5. The Kier molecular flexibility index (Phi) is 5.46. The zero-order valence-corrected chi connectivity index (χ0v) is 13.5. The van der Waals surface area contributed by atoms with Gasteiger partial charge >= 0.3 is 0 Å². The van der Waals surface area contributed by atoms with E-state index in [2.05, 4.69) is 37.1 Å². The van der Waals surface area contributed by atoms with Gasteiger partial charge in [-0.3, -0.25) is 5.32 Å². The summed E-state index contributed by atoms with van der Waals surface area (Å²) in [6, 6.07) is 2.60. The lowest BCUT2D eigenvalue weighted by molar-refractivity contribution is 0.128. The van der Waals surface area contributed by atoms with E-state index in [1.807, 2.05) is 0 Å². The number of nitriles is 1. The van der Waals surface area contributed by atoms with Gasteiger partial charge in [-0.05, 0) is 56.5 Å². The topological polar surface area (TPSA) is 39.1 Å². The molecule has 1 heterocycles. The summed E-state index contributed by atoms with van der Waals surface area (Å²) in [7, 11) is 0. The molecule has 0 amide bonds. The molecule has 1 aliphatic heterocycles. The van der Waals surface area contributed by atoms with Crippen LogP contribution in [0.3, 0.4) is 0 Å². The van der Waals surface area contributed by atoms with Crippen LogP contribution in [0.5, 0.6) is 0 Å². The lowest BCUT2D eigenvalue weighted by atomic mass is 9.85. The van der Waals surface area contributed by atoms with E-state index in [-0.39, 0.29) is 5.54 Å². The van der Waals surface area contributed by atoms with Crippen LogP contribution in [0, 0.1) is 29.1 Å². The number of hydrogen-bond donors (Lipinski definition) is 1. The van der Waals surface area contributed by atoms with E-state index in [4.69, 9.17) is 0 Å². The van der Waals surface area contributed by atoms with Gasteiger partial charge in [0, 0.05) is 13.1 Å². The predicted molar refractivity (Wildman–Crippen MR) is 83.4 cm³/mol. The Morgan fingerprint density at radius 3 is 2.60 bits per heavy atom. The molecule has 3 heteroatoms. The Morgan fingerprint density at radius 2 is 2.00 bits per heavy atom. The Balaban J connectivity index is 1.88. The monoisotopic (exact) mass is 277 g/mol. The molecule has 2 aliphatic rings. The largest absolute Gasteiger partial charge is 0.303 e. The van der Waals surface area contributed by atoms with Gasteiger partial charge < -0.3 is 4.90 Å². The van der Waals surface area contributed by atoms with Gasteiger partial charge in [-0.2, -0.15) is 5.26 Å². The van der Waals surface area contributed by atoms with Crippen molar-refractivity contribution in [3.05, 3.63) is 0 Å². The van der Waals surface area contributed by atoms with Gasteiger partial charge in [-0.25, -0.2) is 0 Å². The quantitative estimate of drug-likeness (QED) is 0.839. The lowest BCUT2D eigenvalue weighted by Gasteiger charge is -2.37. The molecule has 20 heavy (non-hydrogen) atoms. The van der Waals surface area contributed by atoms with Gasteiger partial charge in [0.05, 0.1) is 6.07 Å². The Morgan fingerprint density at radius 1 is 1.30 bits per heavy atom. The smallest absolute Gasteiger partial charge is 0.109 e. The molecule has 0 aromatic carbocycles. The number of likely N-dealkylation sites (tertiary alicyclic amines) is 1. The number of nitrogens with zero attached hydrogens (tertiary/aromatic N) is 2. The summed E-state index contributed by atoms with van der Waals surface area (Å²) >= 11 is 0. The molecule has 3 nitrogen and oxygen atoms in total. The van der Waals surface area contributed by atoms with Crippen LogP contribution in [0.2, 0.25) is 0 Å². The number of nitrogens with one attached hydrogen (secondary N) is 1. The first kappa shape index (κ1) is 15.8. The Labute approximate surface area is 124 Å². The first-order valence-electron chi connectivity index (χ1n) is 8.48. The van der Waals surface area contributed by atoms with Crippen LogP contribution in [-0.2, 0) is 0 Å². The van der Waals surface area contributed by atoms with Crippen LogP contribution in [0.15, 0.2) is 0 Å². The highest BCUT2D eigenvalue weighted by molar-refractivity contribution is 5.14. The maximum atomic E-state index is 9.61. The van der Waals surface area contributed by atoms with E-state index in [9.17, 15) is 5.26 Å². The van der Waals surface area contributed by atoms with Gasteiger partial charge in [0.25, 0.3) is 0 Å². The molecule has 4 atom stereocenters. The molecule has 0 bridgehead atoms. The van der Waals surface area contributed by atoms with Crippen molar-refractivity contribution in [1.82, 2.24) is 10.2 Å². The van der Waals surface area contributed by atoms with Crippen molar-refractivity contribution in [3.63, 3.8) is 0 Å². The van der Waals surface area contributed by atoms with Gasteiger partial charge in [0.1, 0.15) is 5.54 Å².